The monoisotopic (exact) mass is 448 g/mol. The molecule has 1 aliphatic heterocycles. The maximum Gasteiger partial charge on any atom is 0.251 e. The summed E-state index contributed by atoms with van der Waals surface area (Å²) < 4.78 is 5.31. The maximum absolute atomic E-state index is 12.6. The SMILES string of the molecule is CCC(CC)(CN)C(=O)Nc1ccc(C(=O)NCCN2CCOCC2)cc1.Cl.Cl. The predicted molar refractivity (Wildman–Crippen MR) is 121 cm³/mol. The van der Waals surface area contributed by atoms with Crippen molar-refractivity contribution >= 4 is 42.3 Å². The number of nitrogens with one attached hydrogen (secondary N) is 2. The van der Waals surface area contributed by atoms with Crippen LogP contribution in [-0.4, -0.2) is 62.7 Å². The van der Waals surface area contributed by atoms with E-state index >= 15 is 0 Å². The van der Waals surface area contributed by atoms with Crippen LogP contribution in [0.1, 0.15) is 37.0 Å². The Bertz CT molecular complexity index is 610. The molecule has 1 fully saturated rings. The van der Waals surface area contributed by atoms with E-state index in [1.54, 1.807) is 24.3 Å². The van der Waals surface area contributed by atoms with Crippen molar-refractivity contribution in [1.29, 1.82) is 0 Å². The highest BCUT2D eigenvalue weighted by molar-refractivity contribution is 5.97. The van der Waals surface area contributed by atoms with Gasteiger partial charge in [0.15, 0.2) is 0 Å². The highest BCUT2D eigenvalue weighted by Gasteiger charge is 2.33. The van der Waals surface area contributed by atoms with Gasteiger partial charge in [-0.3, -0.25) is 14.5 Å². The first-order valence-electron chi connectivity index (χ1n) is 9.74. The first-order chi connectivity index (χ1) is 13.0. The van der Waals surface area contributed by atoms with E-state index in [0.717, 1.165) is 32.8 Å². The zero-order valence-electron chi connectivity index (χ0n) is 17.2. The van der Waals surface area contributed by atoms with Crippen molar-refractivity contribution in [2.45, 2.75) is 26.7 Å². The van der Waals surface area contributed by atoms with Crippen LogP contribution in [0.15, 0.2) is 24.3 Å². The number of hydrogen-bond donors (Lipinski definition) is 3. The molecule has 4 N–H and O–H groups in total. The molecule has 29 heavy (non-hydrogen) atoms. The summed E-state index contributed by atoms with van der Waals surface area (Å²) in [6, 6.07) is 6.95. The molecule has 1 heterocycles. The van der Waals surface area contributed by atoms with Crippen LogP contribution in [-0.2, 0) is 9.53 Å². The molecular formula is C20H34Cl2N4O3. The van der Waals surface area contributed by atoms with Gasteiger partial charge in [-0.05, 0) is 37.1 Å². The number of carbonyl (C=O) groups is 2. The molecule has 0 atom stereocenters. The van der Waals surface area contributed by atoms with E-state index in [4.69, 9.17) is 10.5 Å². The van der Waals surface area contributed by atoms with Gasteiger partial charge in [-0.1, -0.05) is 13.8 Å². The van der Waals surface area contributed by atoms with E-state index in [2.05, 4.69) is 15.5 Å². The summed E-state index contributed by atoms with van der Waals surface area (Å²) in [4.78, 5) is 27.1. The summed E-state index contributed by atoms with van der Waals surface area (Å²) in [7, 11) is 0. The van der Waals surface area contributed by atoms with Gasteiger partial charge in [0, 0.05) is 44.0 Å². The van der Waals surface area contributed by atoms with Crippen LogP contribution in [0.4, 0.5) is 5.69 Å². The Morgan fingerprint density at radius 1 is 1.10 bits per heavy atom. The number of carbonyl (C=O) groups excluding carboxylic acids is 2. The maximum atomic E-state index is 12.6. The van der Waals surface area contributed by atoms with E-state index < -0.39 is 5.41 Å². The van der Waals surface area contributed by atoms with Gasteiger partial charge in [0.05, 0.1) is 18.6 Å². The fourth-order valence-corrected chi connectivity index (χ4v) is 3.18. The van der Waals surface area contributed by atoms with Crippen LogP contribution in [0.2, 0.25) is 0 Å². The van der Waals surface area contributed by atoms with E-state index in [0.29, 0.717) is 37.2 Å². The number of ether oxygens (including phenoxy) is 1. The van der Waals surface area contributed by atoms with E-state index in [-0.39, 0.29) is 36.6 Å². The average Bonchev–Trinajstić information content (AvgIpc) is 2.71. The second kappa shape index (κ2) is 13.8. The Morgan fingerprint density at radius 2 is 1.69 bits per heavy atom. The molecule has 1 saturated heterocycles. The lowest BCUT2D eigenvalue weighted by Gasteiger charge is -2.28. The third-order valence-corrected chi connectivity index (χ3v) is 5.45. The molecule has 2 rings (SSSR count). The number of anilines is 1. The molecule has 0 aromatic heterocycles. The molecule has 1 aromatic carbocycles. The van der Waals surface area contributed by atoms with Crippen LogP contribution in [0, 0.1) is 5.41 Å². The highest BCUT2D eigenvalue weighted by Crippen LogP contribution is 2.27. The van der Waals surface area contributed by atoms with Crippen molar-refractivity contribution in [3.63, 3.8) is 0 Å². The Hall–Kier alpha value is -1.38. The largest absolute Gasteiger partial charge is 0.379 e. The summed E-state index contributed by atoms with van der Waals surface area (Å²) in [5.41, 5.74) is 6.52. The quantitative estimate of drug-likeness (QED) is 0.538. The molecule has 1 aliphatic rings. The van der Waals surface area contributed by atoms with Crippen LogP contribution >= 0.6 is 24.8 Å². The van der Waals surface area contributed by atoms with Gasteiger partial charge in [0.1, 0.15) is 0 Å². The molecule has 0 aliphatic carbocycles. The molecule has 9 heteroatoms. The van der Waals surface area contributed by atoms with Gasteiger partial charge in [-0.2, -0.15) is 0 Å². The lowest BCUT2D eigenvalue weighted by atomic mass is 9.81. The first-order valence-corrected chi connectivity index (χ1v) is 9.74. The minimum absolute atomic E-state index is 0. The van der Waals surface area contributed by atoms with Crippen LogP contribution in [0.5, 0.6) is 0 Å². The lowest BCUT2D eigenvalue weighted by molar-refractivity contribution is -0.125. The van der Waals surface area contributed by atoms with Crippen molar-refractivity contribution in [1.82, 2.24) is 10.2 Å². The smallest absolute Gasteiger partial charge is 0.251 e. The second-order valence-electron chi connectivity index (χ2n) is 6.93. The van der Waals surface area contributed by atoms with Crippen molar-refractivity contribution in [3.05, 3.63) is 29.8 Å². The third-order valence-electron chi connectivity index (χ3n) is 5.45. The van der Waals surface area contributed by atoms with Gasteiger partial charge < -0.3 is 21.1 Å². The van der Waals surface area contributed by atoms with Gasteiger partial charge in [-0.15, -0.1) is 24.8 Å². The molecule has 0 radical (unpaired) electrons. The number of nitrogens with zero attached hydrogens (tertiary/aromatic N) is 1. The third kappa shape index (κ3) is 7.75. The molecular weight excluding hydrogens is 415 g/mol. The minimum atomic E-state index is -0.546. The number of morpholine rings is 1. The second-order valence-corrected chi connectivity index (χ2v) is 6.93. The Morgan fingerprint density at radius 3 is 2.21 bits per heavy atom. The van der Waals surface area contributed by atoms with E-state index in [1.165, 1.54) is 0 Å². The van der Waals surface area contributed by atoms with Crippen LogP contribution in [0.25, 0.3) is 0 Å². The van der Waals surface area contributed by atoms with Crippen LogP contribution < -0.4 is 16.4 Å². The summed E-state index contributed by atoms with van der Waals surface area (Å²) in [6.45, 7) is 9.00. The minimum Gasteiger partial charge on any atom is -0.379 e. The standard InChI is InChI=1S/C20H32N4O3.2ClH/c1-3-20(4-2,15-21)19(26)23-17-7-5-16(6-8-17)18(25)22-9-10-24-11-13-27-14-12-24;;/h5-8H,3-4,9-15,21H2,1-2H3,(H,22,25)(H,23,26);2*1H. The number of benzene rings is 1. The summed E-state index contributed by atoms with van der Waals surface area (Å²) >= 11 is 0. The normalized spacial score (nSPS) is 14.3. The number of hydrogen-bond acceptors (Lipinski definition) is 5. The van der Waals surface area contributed by atoms with E-state index in [9.17, 15) is 9.59 Å². The van der Waals surface area contributed by atoms with Gasteiger partial charge in [0.25, 0.3) is 5.91 Å². The van der Waals surface area contributed by atoms with Gasteiger partial charge in [-0.25, -0.2) is 0 Å². The summed E-state index contributed by atoms with van der Waals surface area (Å²) in [6.07, 6.45) is 1.38. The molecule has 2 amide bonds. The average molecular weight is 449 g/mol. The molecule has 1 aromatic rings. The van der Waals surface area contributed by atoms with Gasteiger partial charge in [0.2, 0.25) is 5.91 Å². The molecule has 166 valence electrons. The zero-order valence-corrected chi connectivity index (χ0v) is 18.9. The fraction of sp³-hybridized carbons (Fsp3) is 0.600. The summed E-state index contributed by atoms with van der Waals surface area (Å²) in [5.74, 6) is -0.183. The Labute approximate surface area is 185 Å². The molecule has 0 saturated carbocycles. The Kier molecular flexibility index (Phi) is 13.1. The van der Waals surface area contributed by atoms with Crippen molar-refractivity contribution in [2.24, 2.45) is 11.1 Å². The van der Waals surface area contributed by atoms with E-state index in [1.807, 2.05) is 13.8 Å². The zero-order chi connectivity index (χ0) is 19.7. The first kappa shape index (κ1) is 27.6. The highest BCUT2D eigenvalue weighted by atomic mass is 35.5. The van der Waals surface area contributed by atoms with Crippen LogP contribution in [0.3, 0.4) is 0 Å². The molecule has 0 unspecified atom stereocenters. The topological polar surface area (TPSA) is 96.7 Å². The Balaban J connectivity index is 0.00000392. The van der Waals surface area contributed by atoms with Crippen molar-refractivity contribution in [2.75, 3.05) is 51.3 Å². The van der Waals surface area contributed by atoms with Crippen molar-refractivity contribution < 1.29 is 14.3 Å². The number of amides is 2. The number of rotatable bonds is 9. The molecule has 0 spiro atoms. The predicted octanol–water partition coefficient (Wildman–Crippen LogP) is 2.30. The van der Waals surface area contributed by atoms with Crippen molar-refractivity contribution in [3.8, 4) is 0 Å². The molecule has 0 bridgehead atoms. The molecule has 7 nitrogen and oxygen atoms in total. The number of halogens is 2. The summed E-state index contributed by atoms with van der Waals surface area (Å²) in [5, 5.41) is 5.85. The fourth-order valence-electron chi connectivity index (χ4n) is 3.18. The van der Waals surface area contributed by atoms with Gasteiger partial charge >= 0.3 is 0 Å². The lowest BCUT2D eigenvalue weighted by Crippen LogP contribution is -2.41. The number of nitrogens with two attached hydrogens (primary N) is 1.